The van der Waals surface area contributed by atoms with Gasteiger partial charge in [-0.15, -0.1) is 0 Å². The highest BCUT2D eigenvalue weighted by Crippen LogP contribution is 2.20. The Morgan fingerprint density at radius 1 is 1.29 bits per heavy atom. The molecular formula is C13H16N2O5S. The highest BCUT2D eigenvalue weighted by Gasteiger charge is 2.18. The zero-order valence-electron chi connectivity index (χ0n) is 11.7. The fraction of sp³-hybridized carbons (Fsp3) is 0.308. The molecule has 0 aliphatic carbocycles. The predicted octanol–water partition coefficient (Wildman–Crippen LogP) is 0.730. The van der Waals surface area contributed by atoms with E-state index in [-0.39, 0.29) is 10.7 Å². The molecule has 0 saturated heterocycles. The molecular weight excluding hydrogens is 296 g/mol. The van der Waals surface area contributed by atoms with E-state index in [1.807, 2.05) is 0 Å². The van der Waals surface area contributed by atoms with E-state index in [2.05, 4.69) is 10.0 Å². The Bertz CT molecular complexity index is 682. The van der Waals surface area contributed by atoms with E-state index < -0.39 is 15.9 Å². The molecule has 0 atom stereocenters. The van der Waals surface area contributed by atoms with Crippen LogP contribution in [0.4, 0.5) is 5.69 Å². The average Bonchev–Trinajstić information content (AvgIpc) is 2.50. The summed E-state index contributed by atoms with van der Waals surface area (Å²) in [6, 6.07) is 4.63. The first-order valence-electron chi connectivity index (χ1n) is 6.24. The smallest absolute Gasteiger partial charge is 0.294 e. The van der Waals surface area contributed by atoms with E-state index in [9.17, 15) is 13.2 Å². The van der Waals surface area contributed by atoms with Crippen molar-refractivity contribution in [1.82, 2.24) is 4.72 Å². The second-order valence-corrected chi connectivity index (χ2v) is 6.20. The van der Waals surface area contributed by atoms with E-state index in [1.165, 1.54) is 19.4 Å². The number of aryl methyl sites for hydroxylation is 1. The van der Waals surface area contributed by atoms with Gasteiger partial charge in [0.05, 0.1) is 4.90 Å². The van der Waals surface area contributed by atoms with Crippen molar-refractivity contribution < 1.29 is 22.7 Å². The summed E-state index contributed by atoms with van der Waals surface area (Å²) in [7, 11) is -2.25. The fourth-order valence-corrected chi connectivity index (χ4v) is 2.75. The highest BCUT2D eigenvalue weighted by atomic mass is 32.2. The van der Waals surface area contributed by atoms with Gasteiger partial charge in [-0.2, -0.15) is 0 Å². The number of nitrogens with one attached hydrogen (secondary N) is 2. The molecule has 2 rings (SSSR count). The lowest BCUT2D eigenvalue weighted by molar-refractivity contribution is -0.117. The lowest BCUT2D eigenvalue weighted by Crippen LogP contribution is -2.22. The van der Waals surface area contributed by atoms with Gasteiger partial charge in [0.1, 0.15) is 19.5 Å². The van der Waals surface area contributed by atoms with Gasteiger partial charge in [-0.1, -0.05) is 6.07 Å². The summed E-state index contributed by atoms with van der Waals surface area (Å²) in [6.07, 6.45) is 1.23. The normalized spacial score (nSPS) is 14.7. The zero-order chi connectivity index (χ0) is 15.5. The molecule has 2 N–H and O–H groups in total. The summed E-state index contributed by atoms with van der Waals surface area (Å²) in [5.74, 6) is -0.439. The molecule has 1 aromatic rings. The molecule has 0 saturated carbocycles. The summed E-state index contributed by atoms with van der Waals surface area (Å²) < 4.78 is 36.2. The van der Waals surface area contributed by atoms with Gasteiger partial charge in [0.25, 0.3) is 5.91 Å². The monoisotopic (exact) mass is 312 g/mol. The average molecular weight is 312 g/mol. The lowest BCUT2D eigenvalue weighted by Gasteiger charge is -2.15. The number of rotatable bonds is 4. The number of carbonyl (C=O) groups is 1. The van der Waals surface area contributed by atoms with Crippen molar-refractivity contribution in [2.24, 2.45) is 0 Å². The Kier molecular flexibility index (Phi) is 4.49. The van der Waals surface area contributed by atoms with Crippen LogP contribution in [0.25, 0.3) is 0 Å². The van der Waals surface area contributed by atoms with Crippen LogP contribution in [0.2, 0.25) is 0 Å². The Morgan fingerprint density at radius 3 is 2.67 bits per heavy atom. The Morgan fingerprint density at radius 2 is 2.05 bits per heavy atom. The van der Waals surface area contributed by atoms with Crippen LogP contribution in [-0.2, 0) is 24.3 Å². The first kappa shape index (κ1) is 15.3. The lowest BCUT2D eigenvalue weighted by atomic mass is 10.2. The van der Waals surface area contributed by atoms with Gasteiger partial charge in [-0.3, -0.25) is 4.79 Å². The molecule has 1 aliphatic rings. The third kappa shape index (κ3) is 3.53. The van der Waals surface area contributed by atoms with E-state index >= 15 is 0 Å². The molecule has 0 radical (unpaired) electrons. The van der Waals surface area contributed by atoms with Crippen molar-refractivity contribution in [3.63, 3.8) is 0 Å². The van der Waals surface area contributed by atoms with Crippen LogP contribution < -0.4 is 10.0 Å². The third-order valence-corrected chi connectivity index (χ3v) is 4.43. The number of benzene rings is 1. The predicted molar refractivity (Wildman–Crippen MR) is 76.0 cm³/mol. The second kappa shape index (κ2) is 6.15. The van der Waals surface area contributed by atoms with Crippen LogP contribution >= 0.6 is 0 Å². The SMILES string of the molecule is CNS(=O)(=O)c1cc(NC(=O)C2=COCCO2)ccc1C. The number of hydrogen-bond acceptors (Lipinski definition) is 5. The zero-order valence-corrected chi connectivity index (χ0v) is 12.5. The molecule has 1 aromatic carbocycles. The number of anilines is 1. The largest absolute Gasteiger partial charge is 0.494 e. The van der Waals surface area contributed by atoms with Crippen molar-refractivity contribution >= 4 is 21.6 Å². The first-order chi connectivity index (χ1) is 9.94. The van der Waals surface area contributed by atoms with Crippen molar-refractivity contribution in [3.05, 3.63) is 35.8 Å². The molecule has 114 valence electrons. The molecule has 0 aromatic heterocycles. The van der Waals surface area contributed by atoms with Crippen molar-refractivity contribution in [1.29, 1.82) is 0 Å². The summed E-state index contributed by atoms with van der Waals surface area (Å²) in [5, 5.41) is 2.57. The van der Waals surface area contributed by atoms with Gasteiger partial charge in [0.2, 0.25) is 15.8 Å². The van der Waals surface area contributed by atoms with Crippen molar-refractivity contribution in [2.75, 3.05) is 25.6 Å². The summed E-state index contributed by atoms with van der Waals surface area (Å²) in [5.41, 5.74) is 0.938. The van der Waals surface area contributed by atoms with Crippen LogP contribution in [0.5, 0.6) is 0 Å². The fourth-order valence-electron chi connectivity index (χ4n) is 1.76. The van der Waals surface area contributed by atoms with Crippen molar-refractivity contribution in [3.8, 4) is 0 Å². The maximum Gasteiger partial charge on any atom is 0.294 e. The molecule has 8 heteroatoms. The maximum atomic E-state index is 11.9. The molecule has 21 heavy (non-hydrogen) atoms. The molecule has 0 fully saturated rings. The quantitative estimate of drug-likeness (QED) is 0.855. The van der Waals surface area contributed by atoms with Crippen LogP contribution in [0.1, 0.15) is 5.56 Å². The van der Waals surface area contributed by atoms with Gasteiger partial charge in [-0.05, 0) is 31.7 Å². The number of hydrogen-bond donors (Lipinski definition) is 2. The second-order valence-electron chi connectivity index (χ2n) is 4.34. The number of amides is 1. The van der Waals surface area contributed by atoms with Crippen LogP contribution in [0.15, 0.2) is 35.1 Å². The summed E-state index contributed by atoms with van der Waals surface area (Å²) in [4.78, 5) is 12.0. The van der Waals surface area contributed by atoms with E-state index in [0.29, 0.717) is 24.5 Å². The van der Waals surface area contributed by atoms with Crippen molar-refractivity contribution in [2.45, 2.75) is 11.8 Å². The third-order valence-electron chi connectivity index (χ3n) is 2.88. The van der Waals surface area contributed by atoms with Crippen LogP contribution in [0.3, 0.4) is 0 Å². The Labute approximate surface area is 123 Å². The van der Waals surface area contributed by atoms with E-state index in [1.54, 1.807) is 19.1 Å². The van der Waals surface area contributed by atoms with Gasteiger partial charge in [0, 0.05) is 5.69 Å². The van der Waals surface area contributed by atoms with Crippen LogP contribution in [-0.4, -0.2) is 34.6 Å². The molecule has 1 heterocycles. The molecule has 0 unspecified atom stereocenters. The topological polar surface area (TPSA) is 93.7 Å². The minimum Gasteiger partial charge on any atom is -0.494 e. The summed E-state index contributed by atoms with van der Waals surface area (Å²) >= 11 is 0. The Hall–Kier alpha value is -2.06. The molecule has 0 spiro atoms. The molecule has 1 amide bonds. The standard InChI is InChI=1S/C13H16N2O5S/c1-9-3-4-10(7-12(9)21(17,18)14-2)15-13(16)11-8-19-5-6-20-11/h3-4,7-8,14H,5-6H2,1-2H3,(H,15,16). The molecule has 1 aliphatic heterocycles. The highest BCUT2D eigenvalue weighted by molar-refractivity contribution is 7.89. The molecule has 7 nitrogen and oxygen atoms in total. The first-order valence-corrected chi connectivity index (χ1v) is 7.72. The minimum absolute atomic E-state index is 0.0554. The maximum absolute atomic E-state index is 11.9. The van der Waals surface area contributed by atoms with Gasteiger partial charge < -0.3 is 14.8 Å². The molecule has 0 bridgehead atoms. The summed E-state index contributed by atoms with van der Waals surface area (Å²) in [6.45, 7) is 2.37. The van der Waals surface area contributed by atoms with Crippen LogP contribution in [0, 0.1) is 6.92 Å². The van der Waals surface area contributed by atoms with Gasteiger partial charge in [0.15, 0.2) is 0 Å². The Balaban J connectivity index is 2.24. The van der Waals surface area contributed by atoms with Gasteiger partial charge >= 0.3 is 0 Å². The number of carbonyl (C=O) groups excluding carboxylic acids is 1. The van der Waals surface area contributed by atoms with E-state index in [4.69, 9.17) is 9.47 Å². The number of sulfonamides is 1. The minimum atomic E-state index is -3.58. The van der Waals surface area contributed by atoms with Gasteiger partial charge in [-0.25, -0.2) is 13.1 Å². The van der Waals surface area contributed by atoms with E-state index in [0.717, 1.165) is 0 Å². The number of ether oxygens (including phenoxy) is 2.